The Morgan fingerprint density at radius 3 is 2.29 bits per heavy atom. The minimum Gasteiger partial charge on any atom is -0.483 e. The zero-order valence-corrected chi connectivity index (χ0v) is 10.7. The summed E-state index contributed by atoms with van der Waals surface area (Å²) in [6.45, 7) is 13.3. The van der Waals surface area contributed by atoms with Crippen molar-refractivity contribution in [3.8, 4) is 5.75 Å². The molecule has 0 amide bonds. The molecule has 2 heteroatoms. The normalized spacial score (nSPS) is 13.9. The van der Waals surface area contributed by atoms with Gasteiger partial charge in [0.15, 0.2) is 0 Å². The number of hydrogen-bond donors (Lipinski definition) is 1. The van der Waals surface area contributed by atoms with E-state index in [1.165, 1.54) is 17.2 Å². The average molecular weight is 232 g/mol. The Labute approximate surface area is 103 Å². The van der Waals surface area contributed by atoms with Gasteiger partial charge in [-0.15, -0.1) is 6.58 Å². The summed E-state index contributed by atoms with van der Waals surface area (Å²) in [6.07, 6.45) is 1.82. The molecule has 0 bridgehead atoms. The van der Waals surface area contributed by atoms with Gasteiger partial charge in [0, 0.05) is 0 Å². The molecule has 1 rings (SSSR count). The maximum Gasteiger partial charge on any atom is 0.146 e. The predicted octanol–water partition coefficient (Wildman–Crippen LogP) is 3.09. The highest BCUT2D eigenvalue weighted by Crippen LogP contribution is 2.25. The molecule has 2 atom stereocenters. The smallest absolute Gasteiger partial charge is 0.146 e. The Morgan fingerprint density at radius 1 is 1.12 bits per heavy atom. The van der Waals surface area contributed by atoms with Gasteiger partial charge in [-0.2, -0.15) is 0 Å². The minimum absolute atomic E-state index is 0.465. The molecule has 0 aliphatic heterocycles. The first-order valence-corrected chi connectivity index (χ1v) is 5.68. The number of aryl methyl sites for hydroxylation is 1. The Hall–Kier alpha value is -1.54. The molecule has 0 aromatic heterocycles. The van der Waals surface area contributed by atoms with Crippen LogP contribution < -0.4 is 4.74 Å². The second-order valence-electron chi connectivity index (χ2n) is 4.18. The second kappa shape index (κ2) is 5.69. The van der Waals surface area contributed by atoms with Crippen molar-refractivity contribution < 1.29 is 9.84 Å². The fourth-order valence-corrected chi connectivity index (χ4v) is 1.60. The largest absolute Gasteiger partial charge is 0.483 e. The number of hydrogen-bond acceptors (Lipinski definition) is 2. The number of rotatable bonds is 5. The standard InChI is InChI=1S/C15H20O2/c1-6-13(16)14(7-2)17-15-9-8-10(3)11(4)12(15)5/h6-9,13-14,16H,1-2H2,3-5H3/t13-,14-/m0/s1. The van der Waals surface area contributed by atoms with Gasteiger partial charge in [-0.1, -0.05) is 18.7 Å². The number of ether oxygens (including phenoxy) is 1. The third kappa shape index (κ3) is 2.98. The molecule has 1 aromatic rings. The van der Waals surface area contributed by atoms with Crippen LogP contribution in [-0.2, 0) is 0 Å². The van der Waals surface area contributed by atoms with E-state index in [-0.39, 0.29) is 0 Å². The van der Waals surface area contributed by atoms with E-state index in [0.717, 1.165) is 11.3 Å². The van der Waals surface area contributed by atoms with Crippen LogP contribution in [0.2, 0.25) is 0 Å². The monoisotopic (exact) mass is 232 g/mol. The first kappa shape index (κ1) is 13.5. The van der Waals surface area contributed by atoms with Crippen LogP contribution in [0.3, 0.4) is 0 Å². The zero-order chi connectivity index (χ0) is 13.0. The summed E-state index contributed by atoms with van der Waals surface area (Å²) >= 11 is 0. The molecular formula is C15H20O2. The topological polar surface area (TPSA) is 29.5 Å². The first-order valence-electron chi connectivity index (χ1n) is 5.68. The summed E-state index contributed by atoms with van der Waals surface area (Å²) in [7, 11) is 0. The van der Waals surface area contributed by atoms with Gasteiger partial charge in [0.05, 0.1) is 0 Å². The van der Waals surface area contributed by atoms with E-state index in [4.69, 9.17) is 4.74 Å². The summed E-state index contributed by atoms with van der Waals surface area (Å²) in [4.78, 5) is 0. The van der Waals surface area contributed by atoms with Crippen molar-refractivity contribution in [2.24, 2.45) is 0 Å². The van der Waals surface area contributed by atoms with Crippen LogP contribution in [0.5, 0.6) is 5.75 Å². The number of benzene rings is 1. The molecule has 0 unspecified atom stereocenters. The predicted molar refractivity (Wildman–Crippen MR) is 71.5 cm³/mol. The van der Waals surface area contributed by atoms with E-state index in [1.807, 2.05) is 19.1 Å². The summed E-state index contributed by atoms with van der Waals surface area (Å²) in [6, 6.07) is 3.93. The van der Waals surface area contributed by atoms with Crippen molar-refractivity contribution in [1.82, 2.24) is 0 Å². The van der Waals surface area contributed by atoms with Crippen LogP contribution >= 0.6 is 0 Å². The maximum atomic E-state index is 9.68. The maximum absolute atomic E-state index is 9.68. The lowest BCUT2D eigenvalue weighted by Crippen LogP contribution is -2.28. The molecule has 92 valence electrons. The minimum atomic E-state index is -0.742. The van der Waals surface area contributed by atoms with Gasteiger partial charge in [-0.25, -0.2) is 0 Å². The van der Waals surface area contributed by atoms with Crippen molar-refractivity contribution in [2.75, 3.05) is 0 Å². The SMILES string of the molecule is C=C[C@H](Oc1ccc(C)c(C)c1C)[C@@H](O)C=C. The van der Waals surface area contributed by atoms with E-state index >= 15 is 0 Å². The van der Waals surface area contributed by atoms with Crippen molar-refractivity contribution in [3.63, 3.8) is 0 Å². The summed E-state index contributed by atoms with van der Waals surface area (Å²) in [5, 5.41) is 9.68. The zero-order valence-electron chi connectivity index (χ0n) is 10.7. The lowest BCUT2D eigenvalue weighted by molar-refractivity contribution is 0.0973. The van der Waals surface area contributed by atoms with Gasteiger partial charge < -0.3 is 9.84 Å². The van der Waals surface area contributed by atoms with Crippen LogP contribution in [0.15, 0.2) is 37.4 Å². The van der Waals surface area contributed by atoms with E-state index in [1.54, 1.807) is 6.08 Å². The molecular weight excluding hydrogens is 212 g/mol. The summed E-state index contributed by atoms with van der Waals surface area (Å²) < 4.78 is 5.74. The van der Waals surface area contributed by atoms with E-state index < -0.39 is 12.2 Å². The van der Waals surface area contributed by atoms with Gasteiger partial charge in [0.1, 0.15) is 18.0 Å². The van der Waals surface area contributed by atoms with Crippen molar-refractivity contribution >= 4 is 0 Å². The first-order chi connectivity index (χ1) is 8.01. The third-order valence-corrected chi connectivity index (χ3v) is 3.08. The molecule has 17 heavy (non-hydrogen) atoms. The molecule has 2 nitrogen and oxygen atoms in total. The van der Waals surface area contributed by atoms with Crippen LogP contribution in [0.4, 0.5) is 0 Å². The Balaban J connectivity index is 2.98. The van der Waals surface area contributed by atoms with E-state index in [0.29, 0.717) is 0 Å². The lowest BCUT2D eigenvalue weighted by atomic mass is 10.0. The number of aliphatic hydroxyl groups is 1. The average Bonchev–Trinajstić information content (AvgIpc) is 2.34. The number of aliphatic hydroxyl groups excluding tert-OH is 1. The van der Waals surface area contributed by atoms with Crippen LogP contribution in [-0.4, -0.2) is 17.3 Å². The lowest BCUT2D eigenvalue weighted by Gasteiger charge is -2.21. The molecule has 0 aliphatic carbocycles. The van der Waals surface area contributed by atoms with Crippen molar-refractivity contribution in [3.05, 3.63) is 54.1 Å². The molecule has 0 saturated carbocycles. The van der Waals surface area contributed by atoms with E-state index in [9.17, 15) is 5.11 Å². The highest BCUT2D eigenvalue weighted by molar-refractivity contribution is 5.43. The van der Waals surface area contributed by atoms with Crippen LogP contribution in [0.1, 0.15) is 16.7 Å². The van der Waals surface area contributed by atoms with Gasteiger partial charge in [0.2, 0.25) is 0 Å². The third-order valence-electron chi connectivity index (χ3n) is 3.08. The highest BCUT2D eigenvalue weighted by atomic mass is 16.5. The Kier molecular flexibility index (Phi) is 4.53. The van der Waals surface area contributed by atoms with Crippen molar-refractivity contribution in [2.45, 2.75) is 33.0 Å². The fourth-order valence-electron chi connectivity index (χ4n) is 1.60. The molecule has 1 aromatic carbocycles. The Bertz CT molecular complexity index is 421. The summed E-state index contributed by atoms with van der Waals surface area (Å²) in [5.74, 6) is 0.777. The fraction of sp³-hybridized carbons (Fsp3) is 0.333. The van der Waals surface area contributed by atoms with Crippen LogP contribution in [0, 0.1) is 20.8 Å². The van der Waals surface area contributed by atoms with Gasteiger partial charge in [-0.3, -0.25) is 0 Å². The van der Waals surface area contributed by atoms with Gasteiger partial charge >= 0.3 is 0 Å². The molecule has 0 radical (unpaired) electrons. The molecule has 0 fully saturated rings. The van der Waals surface area contributed by atoms with Gasteiger partial charge in [-0.05, 0) is 49.6 Å². The Morgan fingerprint density at radius 2 is 1.76 bits per heavy atom. The molecule has 0 saturated heterocycles. The van der Waals surface area contributed by atoms with Gasteiger partial charge in [0.25, 0.3) is 0 Å². The summed E-state index contributed by atoms with van der Waals surface area (Å²) in [5.41, 5.74) is 3.53. The molecule has 0 heterocycles. The van der Waals surface area contributed by atoms with E-state index in [2.05, 4.69) is 27.0 Å². The second-order valence-corrected chi connectivity index (χ2v) is 4.18. The molecule has 0 spiro atoms. The van der Waals surface area contributed by atoms with Crippen LogP contribution in [0.25, 0.3) is 0 Å². The highest BCUT2D eigenvalue weighted by Gasteiger charge is 2.16. The quantitative estimate of drug-likeness (QED) is 0.790. The molecule has 1 N–H and O–H groups in total. The molecule has 0 aliphatic rings. The van der Waals surface area contributed by atoms with Crippen molar-refractivity contribution in [1.29, 1.82) is 0 Å².